The van der Waals surface area contributed by atoms with Crippen molar-refractivity contribution >= 4 is 11.3 Å². The van der Waals surface area contributed by atoms with Crippen LogP contribution >= 0.6 is 11.3 Å². The van der Waals surface area contributed by atoms with Crippen molar-refractivity contribution in [2.24, 2.45) is 0 Å². The molecule has 90 valence electrons. The normalized spacial score (nSPS) is 10.8. The zero-order valence-corrected chi connectivity index (χ0v) is 11.0. The van der Waals surface area contributed by atoms with E-state index in [4.69, 9.17) is 5.11 Å². The van der Waals surface area contributed by atoms with Gasteiger partial charge in [-0.05, 0) is 24.5 Å². The lowest BCUT2D eigenvalue weighted by molar-refractivity contribution is 0.284. The van der Waals surface area contributed by atoms with Crippen molar-refractivity contribution in [3.05, 3.63) is 51.0 Å². The van der Waals surface area contributed by atoms with Crippen molar-refractivity contribution in [2.45, 2.75) is 33.3 Å². The molecule has 1 N–H and O–H groups in total. The number of thiazole rings is 1. The van der Waals surface area contributed by atoms with Gasteiger partial charge in [-0.25, -0.2) is 4.98 Å². The average molecular weight is 247 g/mol. The highest BCUT2D eigenvalue weighted by molar-refractivity contribution is 7.11. The Morgan fingerprint density at radius 1 is 1.18 bits per heavy atom. The maximum absolute atomic E-state index is 9.14. The van der Waals surface area contributed by atoms with Gasteiger partial charge in [0.25, 0.3) is 0 Å². The molecule has 0 radical (unpaired) electrons. The zero-order valence-electron chi connectivity index (χ0n) is 10.2. The average Bonchev–Trinajstić information content (AvgIpc) is 2.70. The summed E-state index contributed by atoms with van der Waals surface area (Å²) in [6.45, 7) is 4.21. The van der Waals surface area contributed by atoms with Gasteiger partial charge in [-0.1, -0.05) is 31.2 Å². The summed E-state index contributed by atoms with van der Waals surface area (Å²) in [5.74, 6) is 0. The second-order valence-corrected chi connectivity index (χ2v) is 5.29. The Morgan fingerprint density at radius 3 is 2.35 bits per heavy atom. The maximum Gasteiger partial charge on any atom is 0.0975 e. The van der Waals surface area contributed by atoms with E-state index in [0.717, 1.165) is 28.4 Å². The zero-order chi connectivity index (χ0) is 12.3. The van der Waals surface area contributed by atoms with Crippen LogP contribution in [-0.2, 0) is 19.4 Å². The second kappa shape index (κ2) is 5.43. The van der Waals surface area contributed by atoms with Crippen LogP contribution in [0, 0.1) is 6.92 Å². The van der Waals surface area contributed by atoms with Gasteiger partial charge in [0.05, 0.1) is 22.2 Å². The molecule has 0 bridgehead atoms. The summed E-state index contributed by atoms with van der Waals surface area (Å²) in [4.78, 5) is 5.45. The van der Waals surface area contributed by atoms with Gasteiger partial charge >= 0.3 is 0 Å². The predicted molar refractivity (Wildman–Crippen MR) is 71.4 cm³/mol. The molecule has 0 saturated carbocycles. The fraction of sp³-hybridized carbons (Fsp3) is 0.357. The van der Waals surface area contributed by atoms with Crippen LogP contribution in [0.2, 0.25) is 0 Å². The first-order valence-corrected chi connectivity index (χ1v) is 6.68. The first-order chi connectivity index (χ1) is 8.22. The largest absolute Gasteiger partial charge is 0.391 e. The summed E-state index contributed by atoms with van der Waals surface area (Å²) in [6, 6.07) is 8.66. The van der Waals surface area contributed by atoms with Crippen LogP contribution in [0.3, 0.4) is 0 Å². The van der Waals surface area contributed by atoms with Crippen LogP contribution < -0.4 is 0 Å². The van der Waals surface area contributed by atoms with Crippen LogP contribution in [0.25, 0.3) is 0 Å². The third kappa shape index (κ3) is 2.93. The number of rotatable bonds is 4. The van der Waals surface area contributed by atoms with E-state index >= 15 is 0 Å². The lowest BCUT2D eigenvalue weighted by Crippen LogP contribution is -1.88. The number of hydrogen-bond donors (Lipinski definition) is 1. The molecule has 0 aliphatic carbocycles. The topological polar surface area (TPSA) is 33.1 Å². The quantitative estimate of drug-likeness (QED) is 0.900. The Morgan fingerprint density at radius 2 is 1.82 bits per heavy atom. The van der Waals surface area contributed by atoms with E-state index in [1.807, 2.05) is 6.92 Å². The maximum atomic E-state index is 9.14. The molecule has 0 saturated heterocycles. The molecule has 0 aliphatic heterocycles. The Hall–Kier alpha value is -1.19. The number of benzene rings is 1. The molecule has 0 unspecified atom stereocenters. The van der Waals surface area contributed by atoms with E-state index in [0.29, 0.717) is 0 Å². The molecule has 3 heteroatoms. The number of aliphatic hydroxyl groups is 1. The molecule has 0 amide bonds. The number of aromatic nitrogens is 1. The SMILES string of the molecule is CCc1ccc(Cc2nc(C)c(CO)s2)cc1. The third-order valence-corrected chi connectivity index (χ3v) is 4.01. The van der Waals surface area contributed by atoms with Crippen LogP contribution in [0.4, 0.5) is 0 Å². The molecule has 0 fully saturated rings. The molecule has 2 nitrogen and oxygen atoms in total. The number of aliphatic hydroxyl groups excluding tert-OH is 1. The summed E-state index contributed by atoms with van der Waals surface area (Å²) in [5.41, 5.74) is 3.60. The molecular formula is C14H17NOS. The van der Waals surface area contributed by atoms with Gasteiger partial charge in [-0.3, -0.25) is 0 Å². The van der Waals surface area contributed by atoms with Crippen molar-refractivity contribution in [2.75, 3.05) is 0 Å². The van der Waals surface area contributed by atoms with Gasteiger partial charge < -0.3 is 5.11 Å². The van der Waals surface area contributed by atoms with E-state index < -0.39 is 0 Å². The Labute approximate surface area is 106 Å². The van der Waals surface area contributed by atoms with E-state index in [1.165, 1.54) is 11.1 Å². The molecule has 1 aromatic carbocycles. The highest BCUT2D eigenvalue weighted by Gasteiger charge is 2.07. The van der Waals surface area contributed by atoms with E-state index in [9.17, 15) is 0 Å². The molecular weight excluding hydrogens is 230 g/mol. The lowest BCUT2D eigenvalue weighted by atomic mass is 10.1. The van der Waals surface area contributed by atoms with Crippen LogP contribution in [0.15, 0.2) is 24.3 Å². The molecule has 17 heavy (non-hydrogen) atoms. The fourth-order valence-electron chi connectivity index (χ4n) is 1.78. The van der Waals surface area contributed by atoms with Gasteiger partial charge in [0.15, 0.2) is 0 Å². The van der Waals surface area contributed by atoms with Gasteiger partial charge in [-0.15, -0.1) is 11.3 Å². The van der Waals surface area contributed by atoms with E-state index in [-0.39, 0.29) is 6.61 Å². The molecule has 2 aromatic rings. The summed E-state index contributed by atoms with van der Waals surface area (Å²) in [6.07, 6.45) is 1.93. The number of aryl methyl sites for hydroxylation is 2. The Kier molecular flexibility index (Phi) is 3.92. The van der Waals surface area contributed by atoms with Crippen molar-refractivity contribution < 1.29 is 5.11 Å². The molecule has 0 spiro atoms. The number of nitrogens with zero attached hydrogens (tertiary/aromatic N) is 1. The smallest absolute Gasteiger partial charge is 0.0975 e. The van der Waals surface area contributed by atoms with Gasteiger partial charge in [-0.2, -0.15) is 0 Å². The minimum Gasteiger partial charge on any atom is -0.391 e. The molecule has 2 rings (SSSR count). The second-order valence-electron chi connectivity index (χ2n) is 4.12. The van der Waals surface area contributed by atoms with Crippen molar-refractivity contribution in [3.63, 3.8) is 0 Å². The first-order valence-electron chi connectivity index (χ1n) is 5.86. The van der Waals surface area contributed by atoms with Crippen LogP contribution in [0.1, 0.15) is 33.6 Å². The minimum atomic E-state index is 0.0955. The van der Waals surface area contributed by atoms with Crippen LogP contribution in [0.5, 0.6) is 0 Å². The molecule has 1 heterocycles. The molecule has 0 aliphatic rings. The molecule has 1 aromatic heterocycles. The van der Waals surface area contributed by atoms with Crippen molar-refractivity contribution in [1.82, 2.24) is 4.98 Å². The Balaban J connectivity index is 2.13. The highest BCUT2D eigenvalue weighted by atomic mass is 32.1. The standard InChI is InChI=1S/C14H17NOS/c1-3-11-4-6-12(7-5-11)8-14-15-10(2)13(9-16)17-14/h4-7,16H,3,8-9H2,1-2H3. The summed E-state index contributed by atoms with van der Waals surface area (Å²) in [5, 5.41) is 10.2. The lowest BCUT2D eigenvalue weighted by Gasteiger charge is -2.00. The van der Waals surface area contributed by atoms with Gasteiger partial charge in [0.2, 0.25) is 0 Å². The van der Waals surface area contributed by atoms with Crippen LogP contribution in [-0.4, -0.2) is 10.1 Å². The monoisotopic (exact) mass is 247 g/mol. The van der Waals surface area contributed by atoms with Gasteiger partial charge in [0.1, 0.15) is 0 Å². The summed E-state index contributed by atoms with van der Waals surface area (Å²) >= 11 is 1.60. The fourth-order valence-corrected chi connectivity index (χ4v) is 2.74. The summed E-state index contributed by atoms with van der Waals surface area (Å²) in [7, 11) is 0. The highest BCUT2D eigenvalue weighted by Crippen LogP contribution is 2.20. The third-order valence-electron chi connectivity index (χ3n) is 2.87. The summed E-state index contributed by atoms with van der Waals surface area (Å²) < 4.78 is 0. The molecule has 0 atom stereocenters. The van der Waals surface area contributed by atoms with E-state index in [2.05, 4.69) is 36.2 Å². The van der Waals surface area contributed by atoms with Crippen molar-refractivity contribution in [3.8, 4) is 0 Å². The van der Waals surface area contributed by atoms with Crippen molar-refractivity contribution in [1.29, 1.82) is 0 Å². The number of hydrogen-bond acceptors (Lipinski definition) is 3. The van der Waals surface area contributed by atoms with Gasteiger partial charge in [0, 0.05) is 6.42 Å². The predicted octanol–water partition coefficient (Wildman–Crippen LogP) is 3.10. The first kappa shape index (κ1) is 12.3. The van der Waals surface area contributed by atoms with E-state index in [1.54, 1.807) is 11.3 Å². The minimum absolute atomic E-state index is 0.0955. The Bertz CT molecular complexity index is 487.